The summed E-state index contributed by atoms with van der Waals surface area (Å²) >= 11 is 1.05. The number of nitrogens with zero attached hydrogens (tertiary/aromatic N) is 1. The van der Waals surface area contributed by atoms with Gasteiger partial charge in [-0.2, -0.15) is 0 Å². The van der Waals surface area contributed by atoms with Gasteiger partial charge in [0.25, 0.3) is 11.6 Å². The van der Waals surface area contributed by atoms with Gasteiger partial charge in [-0.15, -0.1) is 11.8 Å². The Morgan fingerprint density at radius 2 is 2.15 bits per heavy atom. The van der Waals surface area contributed by atoms with E-state index in [0.29, 0.717) is 5.56 Å². The van der Waals surface area contributed by atoms with Crippen LogP contribution in [0.4, 0.5) is 5.69 Å². The lowest BCUT2D eigenvalue weighted by Gasteiger charge is -2.08. The van der Waals surface area contributed by atoms with Gasteiger partial charge in [0, 0.05) is 24.4 Å². The Bertz CT molecular complexity index is 547. The van der Waals surface area contributed by atoms with E-state index in [2.05, 4.69) is 5.32 Å². The highest BCUT2D eigenvalue weighted by atomic mass is 32.2. The Labute approximate surface area is 119 Å². The van der Waals surface area contributed by atoms with Crippen LogP contribution in [-0.4, -0.2) is 34.7 Å². The lowest BCUT2D eigenvalue weighted by Crippen LogP contribution is -2.18. The maximum atomic E-state index is 11.5. The molecule has 1 rings (SSSR count). The molecule has 0 radical (unpaired) electrons. The van der Waals surface area contributed by atoms with Crippen molar-refractivity contribution < 1.29 is 19.6 Å². The number of benzene rings is 1. The van der Waals surface area contributed by atoms with Crippen LogP contribution < -0.4 is 5.32 Å². The molecule has 0 aliphatic heterocycles. The molecule has 0 bridgehead atoms. The van der Waals surface area contributed by atoms with Crippen LogP contribution in [0.5, 0.6) is 0 Å². The minimum Gasteiger partial charge on any atom is -0.481 e. The molecule has 1 amide bonds. The minimum atomic E-state index is -0.970. The fraction of sp³-hybridized carbons (Fsp3) is 0.333. The molecule has 108 valence electrons. The van der Waals surface area contributed by atoms with Crippen LogP contribution in [0.15, 0.2) is 23.1 Å². The summed E-state index contributed by atoms with van der Waals surface area (Å²) < 4.78 is 0. The van der Waals surface area contributed by atoms with Gasteiger partial charge in [0.15, 0.2) is 0 Å². The molecule has 0 aromatic heterocycles. The van der Waals surface area contributed by atoms with Gasteiger partial charge < -0.3 is 10.4 Å². The Kier molecular flexibility index (Phi) is 5.51. The number of rotatable bonds is 6. The molecular weight excluding hydrogens is 284 g/mol. The van der Waals surface area contributed by atoms with Crippen molar-refractivity contribution in [3.05, 3.63) is 33.9 Å². The van der Waals surface area contributed by atoms with E-state index >= 15 is 0 Å². The number of carboxylic acid groups (broad SMARTS) is 1. The molecule has 7 nitrogen and oxygen atoms in total. The average molecular weight is 298 g/mol. The van der Waals surface area contributed by atoms with Crippen LogP contribution in [-0.2, 0) is 4.79 Å². The summed E-state index contributed by atoms with van der Waals surface area (Å²) in [4.78, 5) is 32.9. The fourth-order valence-electron chi connectivity index (χ4n) is 1.35. The van der Waals surface area contributed by atoms with E-state index in [4.69, 9.17) is 5.11 Å². The van der Waals surface area contributed by atoms with Gasteiger partial charge in [-0.1, -0.05) is 6.92 Å². The first kappa shape index (κ1) is 16.0. The van der Waals surface area contributed by atoms with Crippen molar-refractivity contribution in [1.29, 1.82) is 0 Å². The number of carbonyl (C=O) groups excluding carboxylic acids is 1. The van der Waals surface area contributed by atoms with Crippen LogP contribution in [0.3, 0.4) is 0 Å². The van der Waals surface area contributed by atoms with Crippen LogP contribution in [0, 0.1) is 16.0 Å². The first-order valence-corrected chi connectivity index (χ1v) is 6.71. The molecule has 2 N–H and O–H groups in total. The van der Waals surface area contributed by atoms with Crippen molar-refractivity contribution >= 4 is 29.3 Å². The third-order valence-electron chi connectivity index (χ3n) is 2.56. The summed E-state index contributed by atoms with van der Waals surface area (Å²) in [5, 5.41) is 22.2. The smallest absolute Gasteiger partial charge is 0.307 e. The van der Waals surface area contributed by atoms with Crippen LogP contribution in [0.2, 0.25) is 0 Å². The maximum absolute atomic E-state index is 11.5. The molecule has 1 aromatic carbocycles. The highest BCUT2D eigenvalue weighted by molar-refractivity contribution is 7.99. The van der Waals surface area contributed by atoms with Crippen molar-refractivity contribution in [3.8, 4) is 0 Å². The van der Waals surface area contributed by atoms with Gasteiger partial charge in [0.2, 0.25) is 0 Å². The number of aliphatic carboxylic acids is 1. The second-order valence-electron chi connectivity index (χ2n) is 4.07. The molecule has 0 aliphatic rings. The zero-order valence-electron chi connectivity index (χ0n) is 11.0. The topological polar surface area (TPSA) is 110 Å². The standard InChI is InChI=1S/C12H14N2O5S/c1-7(12(16)17)6-20-10-5-8(11(15)13-2)3-4-9(10)14(18)19/h3-5,7H,6H2,1-2H3,(H,13,15)(H,16,17). The lowest BCUT2D eigenvalue weighted by atomic mass is 10.2. The Balaban J connectivity index is 3.03. The molecule has 0 saturated heterocycles. The molecule has 0 aliphatic carbocycles. The predicted molar refractivity (Wildman–Crippen MR) is 74.0 cm³/mol. The van der Waals surface area contributed by atoms with E-state index in [1.807, 2.05) is 0 Å². The summed E-state index contributed by atoms with van der Waals surface area (Å²) in [6.07, 6.45) is 0. The van der Waals surface area contributed by atoms with E-state index in [1.54, 1.807) is 0 Å². The van der Waals surface area contributed by atoms with Gasteiger partial charge in [-0.25, -0.2) is 0 Å². The number of carbonyl (C=O) groups is 2. The average Bonchev–Trinajstić information content (AvgIpc) is 2.43. The zero-order valence-corrected chi connectivity index (χ0v) is 11.8. The summed E-state index contributed by atoms with van der Waals surface area (Å²) in [6.45, 7) is 1.52. The molecule has 20 heavy (non-hydrogen) atoms. The molecule has 8 heteroatoms. The van der Waals surface area contributed by atoms with Crippen LogP contribution >= 0.6 is 11.8 Å². The summed E-state index contributed by atoms with van der Waals surface area (Å²) in [6, 6.07) is 4.01. The van der Waals surface area contributed by atoms with Gasteiger partial charge in [0.05, 0.1) is 15.7 Å². The summed E-state index contributed by atoms with van der Waals surface area (Å²) in [7, 11) is 1.46. The monoisotopic (exact) mass is 298 g/mol. The SMILES string of the molecule is CNC(=O)c1ccc([N+](=O)[O-])c(SCC(C)C(=O)O)c1. The number of thioether (sulfide) groups is 1. The number of nitro groups is 1. The first-order chi connectivity index (χ1) is 9.36. The number of nitro benzene ring substituents is 1. The van der Waals surface area contributed by atoms with Crippen molar-refractivity contribution in [2.24, 2.45) is 5.92 Å². The Morgan fingerprint density at radius 3 is 2.65 bits per heavy atom. The predicted octanol–water partition coefficient (Wildman–Crippen LogP) is 1.77. The van der Waals surface area contributed by atoms with Crippen molar-refractivity contribution in [2.45, 2.75) is 11.8 Å². The third-order valence-corrected chi connectivity index (χ3v) is 3.86. The van der Waals surface area contributed by atoms with E-state index in [1.165, 1.54) is 32.2 Å². The van der Waals surface area contributed by atoms with Gasteiger partial charge in [-0.05, 0) is 12.1 Å². The second-order valence-corrected chi connectivity index (χ2v) is 5.13. The highest BCUT2D eigenvalue weighted by Gasteiger charge is 2.19. The Morgan fingerprint density at radius 1 is 1.50 bits per heavy atom. The largest absolute Gasteiger partial charge is 0.481 e. The molecule has 1 atom stereocenters. The molecule has 1 aromatic rings. The zero-order chi connectivity index (χ0) is 15.3. The van der Waals surface area contributed by atoms with E-state index in [0.717, 1.165) is 11.8 Å². The summed E-state index contributed by atoms with van der Waals surface area (Å²) in [5.74, 6) is -1.77. The number of hydrogen-bond acceptors (Lipinski definition) is 5. The van der Waals surface area contributed by atoms with Crippen LogP contribution in [0.1, 0.15) is 17.3 Å². The van der Waals surface area contributed by atoms with Crippen molar-refractivity contribution in [3.63, 3.8) is 0 Å². The van der Waals surface area contributed by atoms with Gasteiger partial charge >= 0.3 is 5.97 Å². The second kappa shape index (κ2) is 6.90. The van der Waals surface area contributed by atoms with E-state index in [9.17, 15) is 19.7 Å². The lowest BCUT2D eigenvalue weighted by molar-refractivity contribution is -0.387. The number of nitrogens with one attached hydrogen (secondary N) is 1. The van der Waals surface area contributed by atoms with E-state index in [-0.39, 0.29) is 22.2 Å². The summed E-state index contributed by atoms with van der Waals surface area (Å²) in [5.41, 5.74) is 0.156. The number of amides is 1. The quantitative estimate of drug-likeness (QED) is 0.470. The Hall–Kier alpha value is -2.09. The third kappa shape index (κ3) is 3.95. The minimum absolute atomic E-state index is 0.139. The number of carboxylic acids is 1. The van der Waals surface area contributed by atoms with E-state index < -0.39 is 16.8 Å². The fourth-order valence-corrected chi connectivity index (χ4v) is 2.43. The first-order valence-electron chi connectivity index (χ1n) is 5.73. The van der Waals surface area contributed by atoms with Crippen molar-refractivity contribution in [2.75, 3.05) is 12.8 Å². The molecule has 1 unspecified atom stereocenters. The molecule has 0 heterocycles. The molecular formula is C12H14N2O5S. The van der Waals surface area contributed by atoms with Crippen molar-refractivity contribution in [1.82, 2.24) is 5.32 Å². The van der Waals surface area contributed by atoms with Gasteiger partial charge in [-0.3, -0.25) is 19.7 Å². The highest BCUT2D eigenvalue weighted by Crippen LogP contribution is 2.31. The normalized spacial score (nSPS) is 11.7. The molecule has 0 saturated carbocycles. The maximum Gasteiger partial charge on any atom is 0.307 e. The number of hydrogen-bond donors (Lipinski definition) is 2. The molecule has 0 fully saturated rings. The van der Waals surface area contributed by atoms with Gasteiger partial charge in [0.1, 0.15) is 0 Å². The molecule has 0 spiro atoms. The van der Waals surface area contributed by atoms with Crippen LogP contribution in [0.25, 0.3) is 0 Å².